The maximum Gasteiger partial charge on any atom is 0.326 e. The Bertz CT molecular complexity index is 1780. The molecular weight excluding hydrogens is 961 g/mol. The molecule has 5 amide bonds. The molecule has 8 atom stereocenters. The number of likely N-dealkylation sites (N-methyl/N-ethyl adjacent to an activating group) is 1. The molecule has 21 nitrogen and oxygen atoms in total. The van der Waals surface area contributed by atoms with Crippen LogP contribution in [0.4, 0.5) is 0 Å². The van der Waals surface area contributed by atoms with Crippen molar-refractivity contribution in [2.24, 2.45) is 29.4 Å². The van der Waals surface area contributed by atoms with Crippen molar-refractivity contribution in [2.45, 2.75) is 123 Å². The molecule has 0 spiro atoms. The molecule has 1 aromatic rings. The average molecular weight is 1050 g/mol. The number of carbonyl (C=O) groups is 6. The Morgan fingerprint density at radius 3 is 1.82 bits per heavy atom. The van der Waals surface area contributed by atoms with Crippen molar-refractivity contribution in [2.75, 3.05) is 120 Å². The molecule has 1 saturated heterocycles. The number of carboxylic acids is 1. The topological polar surface area (TPSA) is 265 Å². The number of likely N-dealkylation sites (tertiary alicyclic amines) is 1. The predicted octanol–water partition coefficient (Wildman–Crippen LogP) is 2.45. The number of nitrogens with zero attached hydrogens (tertiary/aromatic N) is 2. The molecule has 1 aliphatic heterocycles. The van der Waals surface area contributed by atoms with E-state index >= 15 is 0 Å². The van der Waals surface area contributed by atoms with Crippen LogP contribution in [0, 0.1) is 23.7 Å². The standard InChI is InChI=1S/C53H92N6O15/c1-11-38(4)41(44(67-9)35-46(61)59-21-15-18-43(59)48(68-10)39(5)49(62)55-42(51(64)65)34-40-16-13-12-14-17-40)36-58(8)50(63)47(37(2)3)56-52(66)53(6,7)57-45(60)19-22-69-24-26-71-28-30-73-32-33-74-31-29-72-27-25-70-23-20-54/h12-14,16-17,37-39,41-44,47-48H,11,15,18-36,54H2,1-10H3,(H,55,62)(H,56,66)(H,57,60)(H,64,65)/t38?,39-,41+,42+,43+,44-,47+,48-/m1/s1. The van der Waals surface area contributed by atoms with Gasteiger partial charge in [-0.3, -0.25) is 24.0 Å². The van der Waals surface area contributed by atoms with Crippen molar-refractivity contribution in [3.8, 4) is 0 Å². The van der Waals surface area contributed by atoms with Crippen molar-refractivity contribution in [1.82, 2.24) is 25.8 Å². The molecule has 1 fully saturated rings. The number of hydrogen-bond acceptors (Lipinski definition) is 15. The Morgan fingerprint density at radius 2 is 1.34 bits per heavy atom. The number of ether oxygens (including phenoxy) is 8. The van der Waals surface area contributed by atoms with E-state index in [1.54, 1.807) is 56.9 Å². The third-order valence-corrected chi connectivity index (χ3v) is 13.3. The molecule has 0 aliphatic carbocycles. The molecule has 1 aromatic carbocycles. The number of methoxy groups -OCH3 is 2. The minimum Gasteiger partial charge on any atom is -0.480 e. The summed E-state index contributed by atoms with van der Waals surface area (Å²) < 4.78 is 44.6. The Labute approximate surface area is 440 Å². The quantitative estimate of drug-likeness (QED) is 0.0590. The highest BCUT2D eigenvalue weighted by Crippen LogP contribution is 2.30. The fourth-order valence-corrected chi connectivity index (χ4v) is 8.70. The van der Waals surface area contributed by atoms with Crippen LogP contribution < -0.4 is 21.7 Å². The summed E-state index contributed by atoms with van der Waals surface area (Å²) in [7, 11) is 4.70. The summed E-state index contributed by atoms with van der Waals surface area (Å²) in [4.78, 5) is 84.1. The lowest BCUT2D eigenvalue weighted by Crippen LogP contribution is -2.60. The SMILES string of the molecule is CCC(C)[C@H](CN(C)C(=O)[C@@H](NC(=O)C(C)(C)NC(=O)CCOCCOCCOCCOCCOCCOCCN)C(C)C)[C@@H](CC(=O)N1CCC[C@H]1[C@H](OC)[C@@H](C)C(=O)N[C@@H](Cc1ccccc1)C(=O)O)OC. The zero-order valence-electron chi connectivity index (χ0n) is 46.1. The normalized spacial score (nSPS) is 16.7. The molecule has 0 radical (unpaired) electrons. The minimum atomic E-state index is -1.36. The number of nitrogens with one attached hydrogen (secondary N) is 3. The van der Waals surface area contributed by atoms with Crippen molar-refractivity contribution < 1.29 is 71.8 Å². The highest BCUT2D eigenvalue weighted by Gasteiger charge is 2.42. The number of carbonyl (C=O) groups excluding carboxylic acids is 5. The van der Waals surface area contributed by atoms with Gasteiger partial charge in [0.05, 0.1) is 110 Å². The summed E-state index contributed by atoms with van der Waals surface area (Å²) in [5, 5.41) is 18.3. The molecule has 424 valence electrons. The zero-order chi connectivity index (χ0) is 55.1. The van der Waals surface area contributed by atoms with Crippen LogP contribution in [0.3, 0.4) is 0 Å². The summed E-state index contributed by atoms with van der Waals surface area (Å²) in [6.45, 7) is 18.5. The second-order valence-corrected chi connectivity index (χ2v) is 19.7. The largest absolute Gasteiger partial charge is 0.480 e. The van der Waals surface area contributed by atoms with Gasteiger partial charge in [-0.25, -0.2) is 4.79 Å². The Balaban J connectivity index is 1.89. The van der Waals surface area contributed by atoms with Gasteiger partial charge in [-0.05, 0) is 44.1 Å². The van der Waals surface area contributed by atoms with Crippen molar-refractivity contribution in [3.05, 3.63) is 35.9 Å². The summed E-state index contributed by atoms with van der Waals surface area (Å²) in [6, 6.07) is 6.55. The second kappa shape index (κ2) is 36.6. The minimum absolute atomic E-state index is 0.00851. The second-order valence-electron chi connectivity index (χ2n) is 19.7. The molecular formula is C53H92N6O15. The van der Waals surface area contributed by atoms with E-state index in [0.717, 1.165) is 12.0 Å². The third-order valence-electron chi connectivity index (χ3n) is 13.3. The van der Waals surface area contributed by atoms with Gasteiger partial charge in [0.1, 0.15) is 17.6 Å². The maximum atomic E-state index is 14.3. The zero-order valence-corrected chi connectivity index (χ0v) is 46.1. The van der Waals surface area contributed by atoms with Crippen molar-refractivity contribution in [1.29, 1.82) is 0 Å². The number of amides is 5. The number of nitrogens with two attached hydrogens (primary N) is 1. The number of benzene rings is 1. The van der Waals surface area contributed by atoms with E-state index in [-0.39, 0.29) is 68.6 Å². The first-order valence-electron chi connectivity index (χ1n) is 26.3. The molecule has 0 bridgehead atoms. The molecule has 2 rings (SSSR count). The fraction of sp³-hybridized carbons (Fsp3) is 0.774. The van der Waals surface area contributed by atoms with Crippen molar-refractivity contribution >= 4 is 35.5 Å². The number of hydrogen-bond donors (Lipinski definition) is 5. The first-order chi connectivity index (χ1) is 35.3. The van der Waals surface area contributed by atoms with Gasteiger partial charge < -0.3 is 74.5 Å². The third kappa shape index (κ3) is 24.1. The van der Waals surface area contributed by atoms with Crippen LogP contribution in [-0.2, 0) is 73.1 Å². The lowest BCUT2D eigenvalue weighted by Gasteiger charge is -2.38. The van der Waals surface area contributed by atoms with E-state index in [2.05, 4.69) is 16.0 Å². The Morgan fingerprint density at radius 1 is 0.797 bits per heavy atom. The van der Waals surface area contributed by atoms with Crippen LogP contribution in [0.5, 0.6) is 0 Å². The summed E-state index contributed by atoms with van der Waals surface area (Å²) in [6.07, 6.45) is 0.852. The molecule has 74 heavy (non-hydrogen) atoms. The van der Waals surface area contributed by atoms with Crippen LogP contribution in [0.25, 0.3) is 0 Å². The van der Waals surface area contributed by atoms with E-state index in [1.807, 2.05) is 45.9 Å². The summed E-state index contributed by atoms with van der Waals surface area (Å²) in [5.74, 6) is -4.42. The van der Waals surface area contributed by atoms with E-state index in [1.165, 1.54) is 7.11 Å². The van der Waals surface area contributed by atoms with Crippen LogP contribution in [0.1, 0.15) is 86.1 Å². The van der Waals surface area contributed by atoms with Crippen LogP contribution in [-0.4, -0.2) is 206 Å². The van der Waals surface area contributed by atoms with E-state index in [0.29, 0.717) is 92.0 Å². The van der Waals surface area contributed by atoms with E-state index in [4.69, 9.17) is 43.6 Å². The molecule has 1 heterocycles. The van der Waals surface area contributed by atoms with Crippen LogP contribution >= 0.6 is 0 Å². The Hall–Kier alpha value is -4.32. The number of rotatable bonds is 41. The molecule has 21 heteroatoms. The predicted molar refractivity (Wildman–Crippen MR) is 278 cm³/mol. The van der Waals surface area contributed by atoms with Gasteiger partial charge in [-0.15, -0.1) is 0 Å². The number of carboxylic acid groups (broad SMARTS) is 1. The van der Waals surface area contributed by atoms with Gasteiger partial charge in [-0.2, -0.15) is 0 Å². The van der Waals surface area contributed by atoms with Gasteiger partial charge in [0, 0.05) is 59.7 Å². The molecule has 6 N–H and O–H groups in total. The first-order valence-corrected chi connectivity index (χ1v) is 26.3. The van der Waals surface area contributed by atoms with Gasteiger partial charge in [0.15, 0.2) is 0 Å². The maximum absolute atomic E-state index is 14.3. The van der Waals surface area contributed by atoms with Crippen molar-refractivity contribution in [3.63, 3.8) is 0 Å². The average Bonchev–Trinajstić information content (AvgIpc) is 3.86. The first kappa shape index (κ1) is 65.8. The van der Waals surface area contributed by atoms with Gasteiger partial charge in [-0.1, -0.05) is 71.4 Å². The smallest absolute Gasteiger partial charge is 0.326 e. The number of aliphatic carboxylic acids is 1. The van der Waals surface area contributed by atoms with Crippen LogP contribution in [0.2, 0.25) is 0 Å². The molecule has 0 saturated carbocycles. The highest BCUT2D eigenvalue weighted by molar-refractivity contribution is 5.94. The van der Waals surface area contributed by atoms with Gasteiger partial charge in [0.25, 0.3) is 0 Å². The highest BCUT2D eigenvalue weighted by atomic mass is 16.6. The molecule has 1 unspecified atom stereocenters. The molecule has 1 aliphatic rings. The summed E-state index contributed by atoms with van der Waals surface area (Å²) >= 11 is 0. The van der Waals surface area contributed by atoms with Gasteiger partial charge in [0.2, 0.25) is 29.5 Å². The van der Waals surface area contributed by atoms with Crippen LogP contribution in [0.15, 0.2) is 30.3 Å². The lowest BCUT2D eigenvalue weighted by atomic mass is 9.84. The summed E-state index contributed by atoms with van der Waals surface area (Å²) in [5.41, 5.74) is 4.78. The fourth-order valence-electron chi connectivity index (χ4n) is 8.70. The monoisotopic (exact) mass is 1050 g/mol. The van der Waals surface area contributed by atoms with E-state index < -0.39 is 65.5 Å². The lowest BCUT2D eigenvalue weighted by molar-refractivity contribution is -0.145. The Kier molecular flexibility index (Phi) is 32.6. The van der Waals surface area contributed by atoms with E-state index in [9.17, 15) is 33.9 Å². The van der Waals surface area contributed by atoms with Gasteiger partial charge >= 0.3 is 5.97 Å². The molecule has 0 aromatic heterocycles.